The zero-order chi connectivity index (χ0) is 19.3. The quantitative estimate of drug-likeness (QED) is 0.751. The van der Waals surface area contributed by atoms with Gasteiger partial charge in [-0.05, 0) is 25.7 Å². The predicted octanol–water partition coefficient (Wildman–Crippen LogP) is -0.0797. The molecule has 9 nitrogen and oxygen atoms in total. The predicted molar refractivity (Wildman–Crippen MR) is 99.4 cm³/mol. The lowest BCUT2D eigenvalue weighted by Crippen LogP contribution is -2.56. The minimum Gasteiger partial charge on any atom is -0.393 e. The molecule has 0 aromatic carbocycles. The van der Waals surface area contributed by atoms with Crippen molar-refractivity contribution in [1.29, 1.82) is 0 Å². The number of aliphatic hydroxyl groups is 1. The molecular weight excluding hydrogens is 360 g/mol. The monoisotopic (exact) mass is 388 g/mol. The summed E-state index contributed by atoms with van der Waals surface area (Å²) >= 11 is 0. The smallest absolute Gasteiger partial charge is 0.289 e. The van der Waals surface area contributed by atoms with Crippen LogP contribution in [0.25, 0.3) is 0 Å². The van der Waals surface area contributed by atoms with Gasteiger partial charge in [-0.15, -0.1) is 10.2 Å². The van der Waals surface area contributed by atoms with Gasteiger partial charge in [0.15, 0.2) is 5.82 Å². The van der Waals surface area contributed by atoms with E-state index in [9.17, 15) is 14.7 Å². The van der Waals surface area contributed by atoms with E-state index in [2.05, 4.69) is 20.4 Å². The molecule has 2 saturated carbocycles. The van der Waals surface area contributed by atoms with Gasteiger partial charge in [-0.2, -0.15) is 0 Å². The molecule has 1 aromatic heterocycles. The normalized spacial score (nSPS) is 30.5. The summed E-state index contributed by atoms with van der Waals surface area (Å²) in [5, 5.41) is 21.2. The molecule has 1 saturated heterocycles. The fraction of sp³-hybridized carbons (Fsp3) is 0.789. The second-order valence-corrected chi connectivity index (χ2v) is 8.65. The third-order valence-corrected chi connectivity index (χ3v) is 6.85. The Balaban J connectivity index is 1.31. The van der Waals surface area contributed by atoms with E-state index in [1.54, 1.807) is 0 Å². The fourth-order valence-electron chi connectivity index (χ4n) is 5.08. The number of piperazine rings is 1. The molecule has 28 heavy (non-hydrogen) atoms. The number of carbonyl (C=O) groups is 2. The molecule has 0 bridgehead atoms. The number of rotatable bonds is 3. The van der Waals surface area contributed by atoms with Crippen LogP contribution in [0.15, 0.2) is 0 Å². The van der Waals surface area contributed by atoms with Crippen LogP contribution < -0.4 is 5.32 Å². The first-order valence-corrected chi connectivity index (χ1v) is 10.5. The highest BCUT2D eigenvalue weighted by atomic mass is 16.3. The lowest BCUT2D eigenvalue weighted by atomic mass is 9.81. The largest absolute Gasteiger partial charge is 0.393 e. The van der Waals surface area contributed by atoms with Gasteiger partial charge < -0.3 is 19.9 Å². The molecule has 0 spiro atoms. The molecule has 0 unspecified atom stereocenters. The molecule has 5 rings (SSSR count). The zero-order valence-electron chi connectivity index (χ0n) is 16.1. The van der Waals surface area contributed by atoms with Gasteiger partial charge in [0, 0.05) is 44.7 Å². The number of hydrogen-bond donors (Lipinski definition) is 2. The number of nitrogens with zero attached hydrogens (tertiary/aromatic N) is 5. The Hall–Kier alpha value is -2.00. The molecule has 1 aromatic rings. The molecule has 152 valence electrons. The second-order valence-electron chi connectivity index (χ2n) is 8.65. The minimum atomic E-state index is -0.325. The van der Waals surface area contributed by atoms with E-state index >= 15 is 0 Å². The highest BCUT2D eigenvalue weighted by molar-refractivity contribution is 5.91. The van der Waals surface area contributed by atoms with Crippen molar-refractivity contribution in [2.24, 2.45) is 5.92 Å². The van der Waals surface area contributed by atoms with Gasteiger partial charge in [-0.3, -0.25) is 14.5 Å². The number of carbonyl (C=O) groups excluding carboxylic acids is 2. The minimum absolute atomic E-state index is 0.0167. The third-order valence-electron chi connectivity index (χ3n) is 6.85. The van der Waals surface area contributed by atoms with Crippen LogP contribution in [0.1, 0.15) is 61.0 Å². The summed E-state index contributed by atoms with van der Waals surface area (Å²) in [7, 11) is 0. The molecule has 4 aliphatic rings. The first-order valence-electron chi connectivity index (χ1n) is 10.5. The van der Waals surface area contributed by atoms with Gasteiger partial charge in [0.25, 0.3) is 5.91 Å². The van der Waals surface area contributed by atoms with Crippen molar-refractivity contribution >= 4 is 11.8 Å². The molecule has 2 N–H and O–H groups in total. The first-order chi connectivity index (χ1) is 13.6. The van der Waals surface area contributed by atoms with Gasteiger partial charge >= 0.3 is 0 Å². The summed E-state index contributed by atoms with van der Waals surface area (Å²) in [6.07, 6.45) is 5.24. The maximum absolute atomic E-state index is 12.7. The van der Waals surface area contributed by atoms with Crippen molar-refractivity contribution in [2.45, 2.75) is 63.3 Å². The Kier molecular flexibility index (Phi) is 4.59. The van der Waals surface area contributed by atoms with Crippen molar-refractivity contribution in [1.82, 2.24) is 29.9 Å². The van der Waals surface area contributed by atoms with Crippen LogP contribution in [-0.2, 0) is 11.3 Å². The Bertz CT molecular complexity index is 768. The van der Waals surface area contributed by atoms with Crippen LogP contribution >= 0.6 is 0 Å². The highest BCUT2D eigenvalue weighted by Crippen LogP contribution is 2.33. The van der Waals surface area contributed by atoms with Crippen molar-refractivity contribution in [3.8, 4) is 0 Å². The maximum Gasteiger partial charge on any atom is 0.289 e. The lowest BCUT2D eigenvalue weighted by Gasteiger charge is -2.45. The van der Waals surface area contributed by atoms with Crippen LogP contribution in [0.5, 0.6) is 0 Å². The van der Waals surface area contributed by atoms with Crippen LogP contribution in [0.4, 0.5) is 0 Å². The number of aromatic nitrogens is 3. The SMILES string of the molecule is O=C(NC1CCCC1)c1nnc2n1CCN1CCN(C(=O)C3CC(O)C3)C[C@H]21. The van der Waals surface area contributed by atoms with E-state index in [1.807, 2.05) is 9.47 Å². The van der Waals surface area contributed by atoms with E-state index in [1.165, 1.54) is 12.8 Å². The standard InChI is InChI=1S/C19H28N6O3/c26-14-9-12(10-14)19(28)24-6-5-23-7-8-25-16(15(23)11-24)21-22-17(25)18(27)20-13-3-1-2-4-13/h12-15,26H,1-11H2,(H,20,27)/t12?,14?,15-/m1/s1. The molecule has 2 amide bonds. The van der Waals surface area contributed by atoms with Crippen LogP contribution in [0.2, 0.25) is 0 Å². The number of fused-ring (bicyclic) bond motifs is 3. The Morgan fingerprint density at radius 2 is 1.79 bits per heavy atom. The van der Waals surface area contributed by atoms with Gasteiger partial charge in [0.05, 0.1) is 12.1 Å². The summed E-state index contributed by atoms with van der Waals surface area (Å²) in [4.78, 5) is 29.6. The Morgan fingerprint density at radius 1 is 1.04 bits per heavy atom. The van der Waals surface area contributed by atoms with Crippen molar-refractivity contribution in [2.75, 3.05) is 26.2 Å². The molecule has 0 radical (unpaired) electrons. The fourth-order valence-corrected chi connectivity index (χ4v) is 5.08. The van der Waals surface area contributed by atoms with Gasteiger partial charge in [0.1, 0.15) is 0 Å². The van der Waals surface area contributed by atoms with Gasteiger partial charge in [-0.1, -0.05) is 12.8 Å². The molecular formula is C19H28N6O3. The van der Waals surface area contributed by atoms with E-state index in [0.29, 0.717) is 38.3 Å². The highest BCUT2D eigenvalue weighted by Gasteiger charge is 2.41. The van der Waals surface area contributed by atoms with E-state index in [4.69, 9.17) is 0 Å². The van der Waals surface area contributed by atoms with E-state index < -0.39 is 0 Å². The number of hydrogen-bond acceptors (Lipinski definition) is 6. The third kappa shape index (κ3) is 3.10. The van der Waals surface area contributed by atoms with Crippen molar-refractivity contribution < 1.29 is 14.7 Å². The first kappa shape index (κ1) is 18.1. The molecule has 3 fully saturated rings. The van der Waals surface area contributed by atoms with Crippen molar-refractivity contribution in [3.63, 3.8) is 0 Å². The number of nitrogens with one attached hydrogen (secondary N) is 1. The Labute approximate surface area is 164 Å². The number of aliphatic hydroxyl groups excluding tert-OH is 1. The zero-order valence-corrected chi connectivity index (χ0v) is 16.1. The average Bonchev–Trinajstić information content (AvgIpc) is 3.34. The van der Waals surface area contributed by atoms with Crippen LogP contribution in [0.3, 0.4) is 0 Å². The summed E-state index contributed by atoms with van der Waals surface area (Å²) in [5.74, 6) is 1.14. The summed E-state index contributed by atoms with van der Waals surface area (Å²) in [6, 6.07) is 0.234. The van der Waals surface area contributed by atoms with Crippen LogP contribution in [0, 0.1) is 5.92 Å². The van der Waals surface area contributed by atoms with Crippen LogP contribution in [-0.4, -0.2) is 79.8 Å². The molecule has 2 aliphatic heterocycles. The molecule has 2 aliphatic carbocycles. The van der Waals surface area contributed by atoms with Gasteiger partial charge in [0.2, 0.25) is 11.7 Å². The maximum atomic E-state index is 12.7. The molecule has 1 atom stereocenters. The van der Waals surface area contributed by atoms with Crippen molar-refractivity contribution in [3.05, 3.63) is 11.6 Å². The molecule has 3 heterocycles. The van der Waals surface area contributed by atoms with Gasteiger partial charge in [-0.25, -0.2) is 0 Å². The topological polar surface area (TPSA) is 104 Å². The second kappa shape index (κ2) is 7.11. The average molecular weight is 388 g/mol. The van der Waals surface area contributed by atoms with E-state index in [0.717, 1.165) is 31.8 Å². The Morgan fingerprint density at radius 3 is 2.54 bits per heavy atom. The summed E-state index contributed by atoms with van der Waals surface area (Å²) in [5.41, 5.74) is 0. The van der Waals surface area contributed by atoms with E-state index in [-0.39, 0.29) is 35.9 Å². The number of amides is 2. The summed E-state index contributed by atoms with van der Waals surface area (Å²) in [6.45, 7) is 3.64. The summed E-state index contributed by atoms with van der Waals surface area (Å²) < 4.78 is 1.94. The molecule has 9 heteroatoms. The lowest BCUT2D eigenvalue weighted by molar-refractivity contribution is -0.146.